The van der Waals surface area contributed by atoms with Gasteiger partial charge in [-0.1, -0.05) is 12.1 Å². The zero-order valence-electron chi connectivity index (χ0n) is 13.6. The number of aromatic nitrogens is 2. The molecule has 0 radical (unpaired) electrons. The highest BCUT2D eigenvalue weighted by atomic mass is 16.5. The Balaban J connectivity index is 1.55. The van der Waals surface area contributed by atoms with Crippen molar-refractivity contribution in [2.24, 2.45) is 10.7 Å². The molecule has 2 heterocycles. The first kappa shape index (κ1) is 16.1. The Labute approximate surface area is 140 Å². The van der Waals surface area contributed by atoms with E-state index in [1.165, 1.54) is 0 Å². The molecule has 3 rings (SSSR count). The molecule has 0 atom stereocenters. The third-order valence-corrected chi connectivity index (χ3v) is 3.45. The van der Waals surface area contributed by atoms with Gasteiger partial charge in [0.15, 0.2) is 23.3 Å². The van der Waals surface area contributed by atoms with E-state index < -0.39 is 0 Å². The number of guanidine groups is 1. The van der Waals surface area contributed by atoms with Gasteiger partial charge in [-0.2, -0.15) is 4.98 Å². The van der Waals surface area contributed by atoms with Crippen molar-refractivity contribution < 1.29 is 14.0 Å². The number of nitrogens with one attached hydrogen (secondary N) is 1. The third kappa shape index (κ3) is 4.15. The zero-order chi connectivity index (χ0) is 16.8. The molecule has 3 N–H and O–H groups in total. The lowest BCUT2D eigenvalue weighted by Gasteiger charge is -2.10. The summed E-state index contributed by atoms with van der Waals surface area (Å²) in [6, 6.07) is 5.60. The monoisotopic (exact) mass is 331 g/mol. The standard InChI is InChI=1S/C16H21N5O3/c1-2-15-20-14(21-24-15)6-7-18-16(17)19-11-4-5-12-13(10-11)23-9-3-8-22-12/h4-5,10H,2-3,6-9H2,1H3,(H3,17,18,19). The average molecular weight is 331 g/mol. The Hall–Kier alpha value is -2.77. The summed E-state index contributed by atoms with van der Waals surface area (Å²) in [6.07, 6.45) is 2.17. The Morgan fingerprint density at radius 2 is 2.12 bits per heavy atom. The topological polar surface area (TPSA) is 108 Å². The summed E-state index contributed by atoms with van der Waals surface area (Å²) in [5.74, 6) is 3.05. The first-order valence-corrected chi connectivity index (χ1v) is 8.02. The zero-order valence-corrected chi connectivity index (χ0v) is 13.6. The SMILES string of the molecule is CCc1nc(CCN=C(N)Nc2ccc3c(c2)OCCCO3)no1. The number of ether oxygens (including phenoxy) is 2. The molecule has 1 aliphatic heterocycles. The minimum Gasteiger partial charge on any atom is -0.490 e. The highest BCUT2D eigenvalue weighted by Crippen LogP contribution is 2.32. The second kappa shape index (κ2) is 7.67. The number of benzene rings is 1. The van der Waals surface area contributed by atoms with Crippen molar-refractivity contribution in [2.75, 3.05) is 25.1 Å². The highest BCUT2D eigenvalue weighted by Gasteiger charge is 2.11. The normalized spacial score (nSPS) is 14.3. The maximum absolute atomic E-state index is 5.91. The molecule has 0 spiro atoms. The van der Waals surface area contributed by atoms with E-state index in [2.05, 4.69) is 20.4 Å². The first-order valence-electron chi connectivity index (χ1n) is 8.02. The number of nitrogens with two attached hydrogens (primary N) is 1. The van der Waals surface area contributed by atoms with Crippen molar-refractivity contribution in [1.82, 2.24) is 10.1 Å². The molecule has 1 aromatic heterocycles. The summed E-state index contributed by atoms with van der Waals surface area (Å²) >= 11 is 0. The number of aliphatic imine (C=N–C) groups is 1. The van der Waals surface area contributed by atoms with Gasteiger partial charge in [0.1, 0.15) is 0 Å². The van der Waals surface area contributed by atoms with Gasteiger partial charge in [0.05, 0.1) is 13.2 Å². The van der Waals surface area contributed by atoms with Crippen LogP contribution < -0.4 is 20.5 Å². The number of hydrogen-bond donors (Lipinski definition) is 2. The van der Waals surface area contributed by atoms with Crippen molar-refractivity contribution in [2.45, 2.75) is 26.2 Å². The van der Waals surface area contributed by atoms with Crippen molar-refractivity contribution in [3.63, 3.8) is 0 Å². The lowest BCUT2D eigenvalue weighted by atomic mass is 10.3. The molecule has 8 nitrogen and oxygen atoms in total. The number of rotatable bonds is 5. The van der Waals surface area contributed by atoms with Crippen LogP contribution in [-0.4, -0.2) is 35.9 Å². The molecule has 128 valence electrons. The Morgan fingerprint density at radius 3 is 2.92 bits per heavy atom. The molecule has 1 aliphatic rings. The van der Waals surface area contributed by atoms with E-state index in [0.29, 0.717) is 49.6 Å². The fourth-order valence-corrected chi connectivity index (χ4v) is 2.24. The number of nitrogens with zero attached hydrogens (tertiary/aromatic N) is 3. The van der Waals surface area contributed by atoms with E-state index in [0.717, 1.165) is 24.3 Å². The summed E-state index contributed by atoms with van der Waals surface area (Å²) in [4.78, 5) is 8.50. The molecule has 8 heteroatoms. The molecule has 0 aliphatic carbocycles. The van der Waals surface area contributed by atoms with Crippen molar-refractivity contribution in [3.05, 3.63) is 29.9 Å². The van der Waals surface area contributed by atoms with E-state index in [1.54, 1.807) is 0 Å². The Morgan fingerprint density at radius 1 is 1.29 bits per heavy atom. The number of fused-ring (bicyclic) bond motifs is 1. The van der Waals surface area contributed by atoms with E-state index in [9.17, 15) is 0 Å². The molecule has 0 unspecified atom stereocenters. The number of hydrogen-bond acceptors (Lipinski definition) is 6. The summed E-state index contributed by atoms with van der Waals surface area (Å²) < 4.78 is 16.3. The fraction of sp³-hybridized carbons (Fsp3) is 0.438. The molecule has 0 saturated heterocycles. The minimum atomic E-state index is 0.323. The molecule has 0 saturated carbocycles. The van der Waals surface area contributed by atoms with Crippen molar-refractivity contribution >= 4 is 11.6 Å². The van der Waals surface area contributed by atoms with Gasteiger partial charge in [-0.15, -0.1) is 0 Å². The van der Waals surface area contributed by atoms with Crippen LogP contribution in [0.4, 0.5) is 5.69 Å². The van der Waals surface area contributed by atoms with Gasteiger partial charge in [-0.25, -0.2) is 0 Å². The molecular formula is C16H21N5O3. The van der Waals surface area contributed by atoms with E-state index in [-0.39, 0.29) is 0 Å². The van der Waals surface area contributed by atoms with Crippen molar-refractivity contribution in [3.8, 4) is 11.5 Å². The largest absolute Gasteiger partial charge is 0.490 e. The number of aryl methyl sites for hydroxylation is 1. The molecular weight excluding hydrogens is 310 g/mol. The van der Waals surface area contributed by atoms with E-state index in [4.69, 9.17) is 19.7 Å². The summed E-state index contributed by atoms with van der Waals surface area (Å²) in [6.45, 7) is 3.75. The quantitative estimate of drug-likeness (QED) is 0.635. The maximum atomic E-state index is 5.91. The summed E-state index contributed by atoms with van der Waals surface area (Å²) in [7, 11) is 0. The van der Waals surface area contributed by atoms with Crippen LogP contribution in [0, 0.1) is 0 Å². The lowest BCUT2D eigenvalue weighted by Crippen LogP contribution is -2.23. The molecule has 24 heavy (non-hydrogen) atoms. The second-order valence-electron chi connectivity index (χ2n) is 5.31. The van der Waals surface area contributed by atoms with Gasteiger partial charge in [0.25, 0.3) is 0 Å². The smallest absolute Gasteiger partial charge is 0.226 e. The molecule has 2 aromatic rings. The number of anilines is 1. The van der Waals surface area contributed by atoms with Crippen LogP contribution in [0.3, 0.4) is 0 Å². The molecule has 1 aromatic carbocycles. The molecule has 0 fully saturated rings. The van der Waals surface area contributed by atoms with Gasteiger partial charge in [-0.05, 0) is 12.1 Å². The summed E-state index contributed by atoms with van der Waals surface area (Å²) in [5.41, 5.74) is 6.71. The predicted octanol–water partition coefficient (Wildman–Crippen LogP) is 1.76. The maximum Gasteiger partial charge on any atom is 0.226 e. The second-order valence-corrected chi connectivity index (χ2v) is 5.31. The first-order chi connectivity index (χ1) is 11.7. The van der Waals surface area contributed by atoms with Gasteiger partial charge >= 0.3 is 0 Å². The van der Waals surface area contributed by atoms with E-state index >= 15 is 0 Å². The lowest BCUT2D eigenvalue weighted by molar-refractivity contribution is 0.297. The van der Waals surface area contributed by atoms with Crippen LogP contribution in [0.25, 0.3) is 0 Å². The molecule has 0 amide bonds. The summed E-state index contributed by atoms with van der Waals surface area (Å²) in [5, 5.41) is 6.92. The highest BCUT2D eigenvalue weighted by molar-refractivity contribution is 5.92. The van der Waals surface area contributed by atoms with Gasteiger partial charge in [0.2, 0.25) is 5.89 Å². The van der Waals surface area contributed by atoms with Crippen LogP contribution in [-0.2, 0) is 12.8 Å². The van der Waals surface area contributed by atoms with Gasteiger partial charge in [0, 0.05) is 37.6 Å². The third-order valence-electron chi connectivity index (χ3n) is 3.45. The fourth-order valence-electron chi connectivity index (χ4n) is 2.24. The predicted molar refractivity (Wildman–Crippen MR) is 89.5 cm³/mol. The van der Waals surface area contributed by atoms with Gasteiger partial charge in [-0.3, -0.25) is 4.99 Å². The van der Waals surface area contributed by atoms with Crippen LogP contribution in [0.1, 0.15) is 25.1 Å². The minimum absolute atomic E-state index is 0.323. The van der Waals surface area contributed by atoms with Crippen molar-refractivity contribution in [1.29, 1.82) is 0 Å². The van der Waals surface area contributed by atoms with Crippen LogP contribution in [0.2, 0.25) is 0 Å². The molecule has 0 bridgehead atoms. The average Bonchev–Trinajstić information content (AvgIpc) is 2.91. The van der Waals surface area contributed by atoms with Crippen LogP contribution >= 0.6 is 0 Å². The van der Waals surface area contributed by atoms with Crippen LogP contribution in [0.15, 0.2) is 27.7 Å². The van der Waals surface area contributed by atoms with Crippen LogP contribution in [0.5, 0.6) is 11.5 Å². The Kier molecular flexibility index (Phi) is 5.15. The van der Waals surface area contributed by atoms with E-state index in [1.807, 2.05) is 25.1 Å². The Bertz CT molecular complexity index is 713. The van der Waals surface area contributed by atoms with Gasteiger partial charge < -0.3 is 25.0 Å².